The third-order valence-electron chi connectivity index (χ3n) is 3.75. The van der Waals surface area contributed by atoms with Crippen LogP contribution in [0.25, 0.3) is 11.4 Å². The molecule has 2 heterocycles. The number of rotatable bonds is 9. The van der Waals surface area contributed by atoms with Crippen molar-refractivity contribution in [2.75, 3.05) is 17.7 Å². The van der Waals surface area contributed by atoms with Crippen LogP contribution in [0.15, 0.2) is 66.6 Å². The summed E-state index contributed by atoms with van der Waals surface area (Å²) in [5, 5.41) is 12.1. The first-order chi connectivity index (χ1) is 13.7. The molecule has 0 atom stereocenters. The van der Waals surface area contributed by atoms with Crippen LogP contribution in [-0.2, 0) is 11.3 Å². The van der Waals surface area contributed by atoms with E-state index in [1.807, 2.05) is 35.8 Å². The molecule has 0 aliphatic rings. The number of hydrogen-bond donors (Lipinski definition) is 1. The Morgan fingerprint density at radius 3 is 2.64 bits per heavy atom. The van der Waals surface area contributed by atoms with Gasteiger partial charge in [0.05, 0.1) is 12.4 Å². The molecule has 0 aliphatic heterocycles. The molecule has 1 N–H and O–H groups in total. The number of aromatic nitrogens is 4. The van der Waals surface area contributed by atoms with Crippen LogP contribution in [0, 0.1) is 0 Å². The highest BCUT2D eigenvalue weighted by Gasteiger charge is 2.15. The zero-order chi connectivity index (χ0) is 19.8. The van der Waals surface area contributed by atoms with Gasteiger partial charge in [-0.15, -0.1) is 16.8 Å². The highest BCUT2D eigenvalue weighted by molar-refractivity contribution is 7.99. The molecule has 2 aromatic heterocycles. The molecule has 28 heavy (non-hydrogen) atoms. The Bertz CT molecular complexity index is 926. The van der Waals surface area contributed by atoms with Crippen LogP contribution in [-0.4, -0.2) is 38.0 Å². The molecule has 0 fully saturated rings. The largest absolute Gasteiger partial charge is 0.494 e. The quantitative estimate of drug-likeness (QED) is 0.440. The minimum Gasteiger partial charge on any atom is -0.494 e. The SMILES string of the molecule is C=CCn1c(SCC(=O)Nc2ccncc2)nnc1-c1ccc(OCC)cc1. The van der Waals surface area contributed by atoms with Crippen LogP contribution in [0.1, 0.15) is 6.92 Å². The zero-order valence-electron chi connectivity index (χ0n) is 15.5. The summed E-state index contributed by atoms with van der Waals surface area (Å²) in [4.78, 5) is 16.1. The average molecular weight is 395 g/mol. The van der Waals surface area contributed by atoms with Crippen molar-refractivity contribution in [3.63, 3.8) is 0 Å². The van der Waals surface area contributed by atoms with E-state index in [0.29, 0.717) is 24.0 Å². The van der Waals surface area contributed by atoms with Crippen molar-refractivity contribution in [3.8, 4) is 17.1 Å². The summed E-state index contributed by atoms with van der Waals surface area (Å²) < 4.78 is 7.42. The van der Waals surface area contributed by atoms with Crippen molar-refractivity contribution in [2.45, 2.75) is 18.6 Å². The lowest BCUT2D eigenvalue weighted by Crippen LogP contribution is -2.14. The Labute approximate surface area is 167 Å². The number of carbonyl (C=O) groups excluding carboxylic acids is 1. The van der Waals surface area contributed by atoms with E-state index in [1.54, 1.807) is 30.6 Å². The van der Waals surface area contributed by atoms with Gasteiger partial charge in [-0.1, -0.05) is 17.8 Å². The smallest absolute Gasteiger partial charge is 0.234 e. The van der Waals surface area contributed by atoms with Gasteiger partial charge in [-0.25, -0.2) is 0 Å². The molecule has 3 rings (SSSR count). The minimum absolute atomic E-state index is 0.119. The van der Waals surface area contributed by atoms with Crippen LogP contribution < -0.4 is 10.1 Å². The van der Waals surface area contributed by atoms with E-state index in [4.69, 9.17) is 4.74 Å². The second kappa shape index (κ2) is 9.70. The van der Waals surface area contributed by atoms with Crippen molar-refractivity contribution in [1.82, 2.24) is 19.7 Å². The number of nitrogens with one attached hydrogen (secondary N) is 1. The summed E-state index contributed by atoms with van der Waals surface area (Å²) in [5.74, 6) is 1.64. The van der Waals surface area contributed by atoms with Gasteiger partial charge < -0.3 is 10.1 Å². The molecule has 1 aromatic carbocycles. The first-order valence-electron chi connectivity index (χ1n) is 8.81. The number of hydrogen-bond acceptors (Lipinski definition) is 6. The van der Waals surface area contributed by atoms with E-state index in [9.17, 15) is 4.79 Å². The number of pyridine rings is 1. The van der Waals surface area contributed by atoms with Gasteiger partial charge in [0.15, 0.2) is 11.0 Å². The summed E-state index contributed by atoms with van der Waals surface area (Å²) in [6.45, 7) is 6.92. The third-order valence-corrected chi connectivity index (χ3v) is 4.72. The predicted octanol–water partition coefficient (Wildman–Crippen LogP) is 3.66. The van der Waals surface area contributed by atoms with Crippen LogP contribution in [0.3, 0.4) is 0 Å². The maximum atomic E-state index is 12.2. The first kappa shape index (κ1) is 19.6. The molecule has 0 saturated carbocycles. The number of benzene rings is 1. The van der Waals surface area contributed by atoms with Gasteiger partial charge in [-0.05, 0) is 43.3 Å². The molecule has 0 unspecified atom stereocenters. The van der Waals surface area contributed by atoms with Crippen molar-refractivity contribution in [1.29, 1.82) is 0 Å². The lowest BCUT2D eigenvalue weighted by atomic mass is 10.2. The number of carbonyl (C=O) groups is 1. The third kappa shape index (κ3) is 4.98. The van der Waals surface area contributed by atoms with Crippen molar-refractivity contribution in [3.05, 3.63) is 61.4 Å². The molecule has 0 spiro atoms. The fraction of sp³-hybridized carbons (Fsp3) is 0.200. The maximum absolute atomic E-state index is 12.2. The standard InChI is InChI=1S/C20H21N5O2S/c1-3-13-25-19(15-5-7-17(8-6-15)27-4-2)23-24-20(25)28-14-18(26)22-16-9-11-21-12-10-16/h3,5-12H,1,4,13-14H2,2H3,(H,21,22,26). The summed E-state index contributed by atoms with van der Waals surface area (Å²) in [6.07, 6.45) is 5.04. The molecule has 1 amide bonds. The fourth-order valence-electron chi connectivity index (χ4n) is 2.53. The topological polar surface area (TPSA) is 81.9 Å². The van der Waals surface area contributed by atoms with Gasteiger partial charge >= 0.3 is 0 Å². The molecule has 0 saturated heterocycles. The van der Waals surface area contributed by atoms with Crippen molar-refractivity contribution < 1.29 is 9.53 Å². The molecule has 8 heteroatoms. The Hall–Kier alpha value is -3.13. The minimum atomic E-state index is -0.119. The van der Waals surface area contributed by atoms with Crippen LogP contribution in [0.4, 0.5) is 5.69 Å². The van der Waals surface area contributed by atoms with Gasteiger partial charge in [-0.2, -0.15) is 0 Å². The van der Waals surface area contributed by atoms with E-state index in [0.717, 1.165) is 17.1 Å². The Kier molecular flexibility index (Phi) is 6.80. The molecule has 7 nitrogen and oxygen atoms in total. The fourth-order valence-corrected chi connectivity index (χ4v) is 3.28. The lowest BCUT2D eigenvalue weighted by Gasteiger charge is -2.09. The van der Waals surface area contributed by atoms with Gasteiger partial charge in [0.25, 0.3) is 0 Å². The molecule has 0 radical (unpaired) electrons. The lowest BCUT2D eigenvalue weighted by molar-refractivity contribution is -0.113. The van der Waals surface area contributed by atoms with Gasteiger partial charge in [0.2, 0.25) is 5.91 Å². The number of amides is 1. The van der Waals surface area contributed by atoms with Gasteiger partial charge in [0.1, 0.15) is 5.75 Å². The molecular weight excluding hydrogens is 374 g/mol. The number of allylic oxidation sites excluding steroid dienone is 1. The van der Waals surface area contributed by atoms with Crippen molar-refractivity contribution in [2.24, 2.45) is 0 Å². The molecule has 144 valence electrons. The monoisotopic (exact) mass is 395 g/mol. The maximum Gasteiger partial charge on any atom is 0.234 e. The van der Waals surface area contributed by atoms with E-state index in [1.165, 1.54) is 11.8 Å². The molecule has 3 aromatic rings. The van der Waals surface area contributed by atoms with E-state index in [2.05, 4.69) is 27.1 Å². The first-order valence-corrected chi connectivity index (χ1v) is 9.79. The second-order valence-corrected chi connectivity index (χ2v) is 6.68. The number of ether oxygens (including phenoxy) is 1. The summed E-state index contributed by atoms with van der Waals surface area (Å²) >= 11 is 1.33. The zero-order valence-corrected chi connectivity index (χ0v) is 16.4. The van der Waals surface area contributed by atoms with Gasteiger partial charge in [-0.3, -0.25) is 14.3 Å². The predicted molar refractivity (Wildman–Crippen MR) is 110 cm³/mol. The highest BCUT2D eigenvalue weighted by atomic mass is 32.2. The van der Waals surface area contributed by atoms with E-state index in [-0.39, 0.29) is 11.7 Å². The van der Waals surface area contributed by atoms with Crippen LogP contribution in [0.2, 0.25) is 0 Å². The number of thioether (sulfide) groups is 1. The highest BCUT2D eigenvalue weighted by Crippen LogP contribution is 2.26. The molecular formula is C20H21N5O2S. The summed E-state index contributed by atoms with van der Waals surface area (Å²) in [5.41, 5.74) is 1.63. The summed E-state index contributed by atoms with van der Waals surface area (Å²) in [7, 11) is 0. The van der Waals surface area contributed by atoms with E-state index >= 15 is 0 Å². The molecule has 0 aliphatic carbocycles. The number of anilines is 1. The van der Waals surface area contributed by atoms with Crippen LogP contribution >= 0.6 is 11.8 Å². The number of nitrogens with zero attached hydrogens (tertiary/aromatic N) is 4. The van der Waals surface area contributed by atoms with Gasteiger partial charge in [0, 0.05) is 30.2 Å². The second-order valence-electron chi connectivity index (χ2n) is 5.74. The average Bonchev–Trinajstić information content (AvgIpc) is 3.11. The van der Waals surface area contributed by atoms with E-state index < -0.39 is 0 Å². The molecule has 0 bridgehead atoms. The Morgan fingerprint density at radius 2 is 1.96 bits per heavy atom. The normalized spacial score (nSPS) is 10.5. The Balaban J connectivity index is 1.71. The van der Waals surface area contributed by atoms with Crippen molar-refractivity contribution >= 4 is 23.4 Å². The summed E-state index contributed by atoms with van der Waals surface area (Å²) in [6, 6.07) is 11.2. The Morgan fingerprint density at radius 1 is 1.21 bits per heavy atom. The van der Waals surface area contributed by atoms with Crippen LogP contribution in [0.5, 0.6) is 5.75 Å².